The normalized spacial score (nSPS) is 27.4. The molecule has 2 aromatic rings. The number of aromatic nitrogens is 1. The van der Waals surface area contributed by atoms with Gasteiger partial charge in [0.2, 0.25) is 5.92 Å². The number of aryl methyl sites for hydroxylation is 1. The van der Waals surface area contributed by atoms with Crippen molar-refractivity contribution in [3.8, 4) is 0 Å². The number of carbonyl (C=O) groups excluding carboxylic acids is 1. The average Bonchev–Trinajstić information content (AvgIpc) is 3.35. The van der Waals surface area contributed by atoms with E-state index in [0.717, 1.165) is 64.8 Å². The summed E-state index contributed by atoms with van der Waals surface area (Å²) in [5, 5.41) is 3.95. The Morgan fingerprint density at radius 3 is 2.69 bits per heavy atom. The minimum absolute atomic E-state index is 0.117. The number of nitrogens with two attached hydrogens (primary N) is 1. The van der Waals surface area contributed by atoms with E-state index in [9.17, 15) is 13.6 Å². The molecule has 2 aliphatic heterocycles. The van der Waals surface area contributed by atoms with Crippen LogP contribution in [0.5, 0.6) is 0 Å². The highest BCUT2D eigenvalue weighted by atomic mass is 19.3. The number of benzene rings is 1. The molecule has 1 unspecified atom stereocenters. The molecule has 0 amide bonds. The Balaban J connectivity index is 1.13. The number of pyridine rings is 1. The lowest BCUT2D eigenvalue weighted by Crippen LogP contribution is -2.61. The molecule has 6 rings (SSSR count). The van der Waals surface area contributed by atoms with Gasteiger partial charge in [0.15, 0.2) is 0 Å². The number of nitrogens with one attached hydrogen (secondary N) is 1. The van der Waals surface area contributed by atoms with Gasteiger partial charge in [0.05, 0.1) is 11.7 Å². The first-order valence-electron chi connectivity index (χ1n) is 17.7. The van der Waals surface area contributed by atoms with E-state index in [1.54, 1.807) is 0 Å². The van der Waals surface area contributed by atoms with Gasteiger partial charge in [0, 0.05) is 62.6 Å². The predicted octanol–water partition coefficient (Wildman–Crippen LogP) is 6.26. The molecule has 0 radical (unpaired) electrons. The average molecular weight is 622 g/mol. The van der Waals surface area contributed by atoms with Crippen molar-refractivity contribution in [1.29, 1.82) is 0 Å². The summed E-state index contributed by atoms with van der Waals surface area (Å²) < 4.78 is 27.6. The molecule has 8 heteroatoms. The molecule has 1 saturated carbocycles. The quantitative estimate of drug-likeness (QED) is 0.243. The molecule has 6 nitrogen and oxygen atoms in total. The minimum Gasteiger partial charge on any atom is -0.330 e. The van der Waals surface area contributed by atoms with Crippen molar-refractivity contribution >= 4 is 5.78 Å². The van der Waals surface area contributed by atoms with Crippen LogP contribution in [0.3, 0.4) is 0 Å². The molecule has 246 valence electrons. The maximum Gasteiger partial charge on any atom is 0.248 e. The molecule has 1 aromatic heterocycles. The van der Waals surface area contributed by atoms with Crippen LogP contribution in [0.1, 0.15) is 106 Å². The molecular formula is C37H53F2N5O. The van der Waals surface area contributed by atoms with E-state index < -0.39 is 5.92 Å². The molecule has 45 heavy (non-hydrogen) atoms. The first-order chi connectivity index (χ1) is 21.9. The van der Waals surface area contributed by atoms with Gasteiger partial charge >= 0.3 is 0 Å². The lowest BCUT2D eigenvalue weighted by molar-refractivity contribution is -0.127. The summed E-state index contributed by atoms with van der Waals surface area (Å²) in [7, 11) is 0. The third-order valence-corrected chi connectivity index (χ3v) is 11.3. The number of halogens is 2. The molecule has 4 aliphatic rings. The molecule has 2 saturated heterocycles. The molecule has 5 atom stereocenters. The van der Waals surface area contributed by atoms with Crippen LogP contribution < -0.4 is 11.1 Å². The second-order valence-corrected chi connectivity index (χ2v) is 14.2. The van der Waals surface area contributed by atoms with Gasteiger partial charge in [0.1, 0.15) is 5.78 Å². The first kappa shape index (κ1) is 32.7. The summed E-state index contributed by atoms with van der Waals surface area (Å²) in [5.74, 6) is -2.54. The lowest BCUT2D eigenvalue weighted by Gasteiger charge is -2.45. The fourth-order valence-electron chi connectivity index (χ4n) is 8.79. The van der Waals surface area contributed by atoms with Crippen molar-refractivity contribution in [3.63, 3.8) is 0 Å². The number of carbonyl (C=O) groups is 1. The number of nitrogens with zero attached hydrogens (tertiary/aromatic N) is 3. The number of Topliss-reactive ketones (excluding diaryl/α,β-unsaturated/α-hetero) is 1. The van der Waals surface area contributed by atoms with Crippen molar-refractivity contribution in [2.75, 3.05) is 32.7 Å². The zero-order valence-electron chi connectivity index (χ0n) is 26.9. The van der Waals surface area contributed by atoms with E-state index in [-0.39, 0.29) is 30.5 Å². The number of unbranched alkanes of at least 4 members (excludes halogenated alkanes) is 1. The Morgan fingerprint density at radius 1 is 1.07 bits per heavy atom. The highest BCUT2D eigenvalue weighted by Crippen LogP contribution is 2.39. The van der Waals surface area contributed by atoms with E-state index in [4.69, 9.17) is 10.7 Å². The number of ketones is 1. The fraction of sp³-hybridized carbons (Fsp3) is 0.676. The molecule has 0 spiro atoms. The van der Waals surface area contributed by atoms with Gasteiger partial charge in [-0.3, -0.25) is 19.6 Å². The lowest BCUT2D eigenvalue weighted by atomic mass is 9.79. The Kier molecular flexibility index (Phi) is 11.0. The third-order valence-electron chi connectivity index (χ3n) is 11.3. The first-order valence-corrected chi connectivity index (χ1v) is 17.7. The minimum atomic E-state index is -2.61. The van der Waals surface area contributed by atoms with Gasteiger partial charge in [-0.15, -0.1) is 0 Å². The second kappa shape index (κ2) is 15.1. The maximum absolute atomic E-state index is 13.8. The summed E-state index contributed by atoms with van der Waals surface area (Å²) in [4.78, 5) is 23.7. The number of piperazine rings is 1. The van der Waals surface area contributed by atoms with Crippen molar-refractivity contribution in [1.82, 2.24) is 20.1 Å². The van der Waals surface area contributed by atoms with E-state index in [2.05, 4.69) is 51.5 Å². The van der Waals surface area contributed by atoms with Crippen LogP contribution in [0.25, 0.3) is 0 Å². The number of hydrogen-bond donors (Lipinski definition) is 2. The van der Waals surface area contributed by atoms with Crippen LogP contribution in [-0.4, -0.2) is 77.3 Å². The second-order valence-electron chi connectivity index (χ2n) is 14.2. The van der Waals surface area contributed by atoms with Crippen LogP contribution in [-0.2, 0) is 11.2 Å². The standard InChI is InChI=1S/C37H53F2N5O/c38-37(39)18-15-28(16-19-37)35(45)24-30(27-8-2-1-3-9-27)17-23-44-31-13-14-33(44)32(42-25-31)26-43(22-5-4-20-40)34-12-6-10-29-11-7-21-41-36(29)34/h1-3,7-9,11,21,28,30-34,42H,4-6,10,12-20,22-26,40H2/t30-,31+,32?,33-,34+/m1/s1. The summed E-state index contributed by atoms with van der Waals surface area (Å²) in [6.07, 6.45) is 11.7. The van der Waals surface area contributed by atoms with Gasteiger partial charge in [-0.25, -0.2) is 8.78 Å². The Hall–Kier alpha value is -2.26. The Morgan fingerprint density at radius 2 is 1.89 bits per heavy atom. The van der Waals surface area contributed by atoms with Gasteiger partial charge in [-0.1, -0.05) is 36.4 Å². The Labute approximate surface area is 268 Å². The highest BCUT2D eigenvalue weighted by molar-refractivity contribution is 5.82. The summed E-state index contributed by atoms with van der Waals surface area (Å²) in [6.45, 7) is 4.74. The molecule has 3 fully saturated rings. The van der Waals surface area contributed by atoms with Crippen molar-refractivity contribution in [3.05, 3.63) is 65.5 Å². The number of alkyl halides is 2. The summed E-state index contributed by atoms with van der Waals surface area (Å²) >= 11 is 0. The number of hydrogen-bond acceptors (Lipinski definition) is 6. The molecule has 2 bridgehead atoms. The third kappa shape index (κ3) is 8.01. The summed E-state index contributed by atoms with van der Waals surface area (Å²) in [5.41, 5.74) is 9.77. The predicted molar refractivity (Wildman–Crippen MR) is 175 cm³/mol. The summed E-state index contributed by atoms with van der Waals surface area (Å²) in [6, 6.07) is 16.5. The van der Waals surface area contributed by atoms with Crippen molar-refractivity contribution < 1.29 is 13.6 Å². The zero-order chi connectivity index (χ0) is 31.2. The van der Waals surface area contributed by atoms with Gasteiger partial charge in [-0.2, -0.15) is 0 Å². The topological polar surface area (TPSA) is 74.5 Å². The van der Waals surface area contributed by atoms with Crippen LogP contribution in [0.4, 0.5) is 8.78 Å². The van der Waals surface area contributed by atoms with Crippen molar-refractivity contribution in [2.24, 2.45) is 11.7 Å². The molecule has 2 aliphatic carbocycles. The SMILES string of the molecule is NCCCCN(CC1NC[C@@H]2CC[C@H]1N2CC[C@H](CC(=O)C1CCC(F)(F)CC1)c1ccccc1)[C@H]1CCCc2cccnc21. The van der Waals surface area contributed by atoms with E-state index >= 15 is 0 Å². The van der Waals surface area contributed by atoms with Crippen molar-refractivity contribution in [2.45, 2.75) is 119 Å². The molecule has 3 heterocycles. The van der Waals surface area contributed by atoms with Gasteiger partial charge in [-0.05, 0) is 107 Å². The number of rotatable bonds is 14. The highest BCUT2D eigenvalue weighted by Gasteiger charge is 2.44. The van der Waals surface area contributed by atoms with Crippen LogP contribution in [0, 0.1) is 5.92 Å². The number of fused-ring (bicyclic) bond motifs is 3. The maximum atomic E-state index is 13.8. The smallest absolute Gasteiger partial charge is 0.248 e. The zero-order valence-corrected chi connectivity index (χ0v) is 26.9. The van der Waals surface area contributed by atoms with E-state index in [1.807, 2.05) is 12.3 Å². The largest absolute Gasteiger partial charge is 0.330 e. The molecular weight excluding hydrogens is 568 g/mol. The monoisotopic (exact) mass is 621 g/mol. The van der Waals surface area contributed by atoms with Gasteiger partial charge < -0.3 is 11.1 Å². The van der Waals surface area contributed by atoms with Crippen LogP contribution >= 0.6 is 0 Å². The van der Waals surface area contributed by atoms with E-state index in [1.165, 1.54) is 36.1 Å². The molecule has 3 N–H and O–H groups in total. The Bertz CT molecular complexity index is 1230. The van der Waals surface area contributed by atoms with Gasteiger partial charge in [0.25, 0.3) is 0 Å². The van der Waals surface area contributed by atoms with Crippen LogP contribution in [0.2, 0.25) is 0 Å². The van der Waals surface area contributed by atoms with E-state index in [0.29, 0.717) is 43.4 Å². The molecule has 1 aromatic carbocycles. The van der Waals surface area contributed by atoms with Crippen LogP contribution in [0.15, 0.2) is 48.7 Å². The fourth-order valence-corrected chi connectivity index (χ4v) is 8.79.